The van der Waals surface area contributed by atoms with E-state index >= 15 is 0 Å². The molecule has 2 aliphatic rings. The van der Waals surface area contributed by atoms with E-state index in [2.05, 4.69) is 26.2 Å². The van der Waals surface area contributed by atoms with E-state index in [1.165, 1.54) is 32.1 Å². The van der Waals surface area contributed by atoms with Gasteiger partial charge in [0, 0.05) is 38.4 Å². The van der Waals surface area contributed by atoms with Gasteiger partial charge < -0.3 is 15.0 Å². The van der Waals surface area contributed by atoms with E-state index in [1.807, 2.05) is 18.3 Å². The summed E-state index contributed by atoms with van der Waals surface area (Å²) in [7, 11) is 0. The molecule has 1 aromatic rings. The molecule has 1 aromatic heterocycles. The van der Waals surface area contributed by atoms with Crippen LogP contribution in [-0.4, -0.2) is 65.3 Å². The van der Waals surface area contributed by atoms with Crippen molar-refractivity contribution in [2.45, 2.75) is 51.1 Å². The van der Waals surface area contributed by atoms with Crippen molar-refractivity contribution in [3.8, 4) is 0 Å². The van der Waals surface area contributed by atoms with Crippen LogP contribution in [0.2, 0.25) is 0 Å². The molecule has 0 spiro atoms. The van der Waals surface area contributed by atoms with E-state index in [9.17, 15) is 0 Å². The summed E-state index contributed by atoms with van der Waals surface area (Å²) in [5.41, 5.74) is 1.08. The molecule has 0 atom stereocenters. The summed E-state index contributed by atoms with van der Waals surface area (Å²) in [6.45, 7) is 6.66. The number of nitrogens with zero attached hydrogens (tertiary/aromatic N) is 3. The highest BCUT2D eigenvalue weighted by Gasteiger charge is 2.18. The largest absolute Gasteiger partial charge is 0.379 e. The molecule has 1 N–H and O–H groups in total. The summed E-state index contributed by atoms with van der Waals surface area (Å²) in [6, 6.07) is 6.64. The Bertz CT molecular complexity index is 530. The van der Waals surface area contributed by atoms with E-state index in [1.54, 1.807) is 0 Å². The van der Waals surface area contributed by atoms with Crippen LogP contribution in [0.3, 0.4) is 0 Å². The molecular weight excluding hydrogens is 344 g/mol. The molecule has 1 aliphatic carbocycles. The van der Waals surface area contributed by atoms with Crippen molar-refractivity contribution in [2.75, 3.05) is 39.4 Å². The molecule has 2 fully saturated rings. The van der Waals surface area contributed by atoms with Crippen LogP contribution in [0, 0.1) is 0 Å². The van der Waals surface area contributed by atoms with Crippen molar-refractivity contribution in [2.24, 2.45) is 0 Å². The molecule has 1 saturated carbocycles. The topological polar surface area (TPSA) is 40.6 Å². The summed E-state index contributed by atoms with van der Waals surface area (Å²) >= 11 is 5.78. The standard InChI is InChI=1S/C20H32N4OS/c26-20(22-18-7-2-1-3-8-18)24(17-19-9-4-5-10-21-19)12-6-11-23-13-15-25-16-14-23/h4-5,9-10,18H,1-3,6-8,11-17H2,(H,22,26). The molecule has 2 heterocycles. The second-order valence-corrected chi connectivity index (χ2v) is 7.72. The maximum Gasteiger partial charge on any atom is 0.169 e. The molecule has 26 heavy (non-hydrogen) atoms. The molecule has 144 valence electrons. The number of rotatable bonds is 7. The Hall–Kier alpha value is -1.24. The van der Waals surface area contributed by atoms with Gasteiger partial charge in [0.05, 0.1) is 25.5 Å². The number of pyridine rings is 1. The highest BCUT2D eigenvalue weighted by molar-refractivity contribution is 7.80. The van der Waals surface area contributed by atoms with Crippen LogP contribution in [0.25, 0.3) is 0 Å². The van der Waals surface area contributed by atoms with Gasteiger partial charge in [-0.15, -0.1) is 0 Å². The summed E-state index contributed by atoms with van der Waals surface area (Å²) < 4.78 is 5.44. The van der Waals surface area contributed by atoms with E-state index in [-0.39, 0.29) is 0 Å². The maximum absolute atomic E-state index is 5.78. The van der Waals surface area contributed by atoms with Crippen molar-refractivity contribution in [1.29, 1.82) is 0 Å². The lowest BCUT2D eigenvalue weighted by atomic mass is 9.96. The van der Waals surface area contributed by atoms with Gasteiger partial charge in [0.2, 0.25) is 0 Å². The van der Waals surface area contributed by atoms with Gasteiger partial charge in [-0.2, -0.15) is 0 Å². The predicted octanol–water partition coefficient (Wildman–Crippen LogP) is 2.81. The van der Waals surface area contributed by atoms with Crippen LogP contribution in [0.15, 0.2) is 24.4 Å². The Morgan fingerprint density at radius 3 is 2.77 bits per heavy atom. The number of ether oxygens (including phenoxy) is 1. The lowest BCUT2D eigenvalue weighted by Gasteiger charge is -2.32. The van der Waals surface area contributed by atoms with Crippen molar-refractivity contribution in [1.82, 2.24) is 20.1 Å². The zero-order chi connectivity index (χ0) is 18.0. The maximum atomic E-state index is 5.78. The first-order valence-corrected chi connectivity index (χ1v) is 10.5. The monoisotopic (exact) mass is 376 g/mol. The lowest BCUT2D eigenvalue weighted by molar-refractivity contribution is 0.0367. The molecule has 5 nitrogen and oxygen atoms in total. The zero-order valence-corrected chi connectivity index (χ0v) is 16.6. The first kappa shape index (κ1) is 19.5. The number of hydrogen-bond donors (Lipinski definition) is 1. The van der Waals surface area contributed by atoms with Crippen LogP contribution in [-0.2, 0) is 11.3 Å². The Labute approximate surface area is 163 Å². The average molecular weight is 377 g/mol. The third-order valence-electron chi connectivity index (χ3n) is 5.31. The van der Waals surface area contributed by atoms with Gasteiger partial charge in [-0.25, -0.2) is 0 Å². The fourth-order valence-electron chi connectivity index (χ4n) is 3.76. The van der Waals surface area contributed by atoms with Crippen LogP contribution in [0.5, 0.6) is 0 Å². The molecule has 1 aliphatic heterocycles. The number of thiocarbonyl (C=S) groups is 1. The highest BCUT2D eigenvalue weighted by Crippen LogP contribution is 2.18. The Kier molecular flexibility index (Phi) is 8.11. The molecule has 0 bridgehead atoms. The third-order valence-corrected chi connectivity index (χ3v) is 5.68. The van der Waals surface area contributed by atoms with Crippen molar-refractivity contribution >= 4 is 17.3 Å². The number of hydrogen-bond acceptors (Lipinski definition) is 4. The second-order valence-electron chi connectivity index (χ2n) is 7.33. The number of nitrogens with one attached hydrogen (secondary N) is 1. The van der Waals surface area contributed by atoms with Gasteiger partial charge in [0.15, 0.2) is 5.11 Å². The summed E-state index contributed by atoms with van der Waals surface area (Å²) in [6.07, 6.45) is 9.45. The van der Waals surface area contributed by atoms with Crippen LogP contribution in [0.4, 0.5) is 0 Å². The predicted molar refractivity (Wildman–Crippen MR) is 109 cm³/mol. The first-order valence-electron chi connectivity index (χ1n) is 10.1. The highest BCUT2D eigenvalue weighted by atomic mass is 32.1. The van der Waals surface area contributed by atoms with Crippen LogP contribution in [0.1, 0.15) is 44.2 Å². The molecular formula is C20H32N4OS. The third kappa shape index (κ3) is 6.49. The number of morpholine rings is 1. The SMILES string of the molecule is S=C(NC1CCCCC1)N(CCCN1CCOCC1)Cc1ccccn1. The van der Waals surface area contributed by atoms with Gasteiger partial charge in [0.1, 0.15) is 0 Å². The van der Waals surface area contributed by atoms with E-state index in [4.69, 9.17) is 17.0 Å². The Balaban J connectivity index is 1.52. The van der Waals surface area contributed by atoms with Gasteiger partial charge >= 0.3 is 0 Å². The minimum absolute atomic E-state index is 0.543. The van der Waals surface area contributed by atoms with Gasteiger partial charge in [-0.3, -0.25) is 9.88 Å². The second kappa shape index (κ2) is 10.8. The molecule has 3 rings (SSSR count). The van der Waals surface area contributed by atoms with Gasteiger partial charge in [-0.1, -0.05) is 25.3 Å². The fraction of sp³-hybridized carbons (Fsp3) is 0.700. The summed E-state index contributed by atoms with van der Waals surface area (Å²) in [5, 5.41) is 4.52. The lowest BCUT2D eigenvalue weighted by Crippen LogP contribution is -2.46. The van der Waals surface area contributed by atoms with Crippen LogP contribution < -0.4 is 5.32 Å². The average Bonchev–Trinajstić information content (AvgIpc) is 2.69. The molecule has 0 aromatic carbocycles. The molecule has 0 radical (unpaired) electrons. The molecule has 0 amide bonds. The van der Waals surface area contributed by atoms with Crippen molar-refractivity contribution < 1.29 is 4.74 Å². The first-order chi connectivity index (χ1) is 12.8. The van der Waals surface area contributed by atoms with E-state index in [0.29, 0.717) is 6.04 Å². The Morgan fingerprint density at radius 1 is 1.23 bits per heavy atom. The van der Waals surface area contributed by atoms with Crippen LogP contribution >= 0.6 is 12.2 Å². The van der Waals surface area contributed by atoms with Crippen molar-refractivity contribution in [3.63, 3.8) is 0 Å². The van der Waals surface area contributed by atoms with Gasteiger partial charge in [-0.05, 0) is 43.6 Å². The summed E-state index contributed by atoms with van der Waals surface area (Å²) in [5.74, 6) is 0. The Morgan fingerprint density at radius 2 is 2.04 bits per heavy atom. The minimum Gasteiger partial charge on any atom is -0.379 e. The number of aromatic nitrogens is 1. The smallest absolute Gasteiger partial charge is 0.169 e. The molecule has 1 saturated heterocycles. The zero-order valence-electron chi connectivity index (χ0n) is 15.7. The van der Waals surface area contributed by atoms with E-state index in [0.717, 1.165) is 63.2 Å². The molecule has 6 heteroatoms. The fourth-order valence-corrected chi connectivity index (χ4v) is 4.08. The quantitative estimate of drug-likeness (QED) is 0.738. The summed E-state index contributed by atoms with van der Waals surface area (Å²) in [4.78, 5) is 9.27. The van der Waals surface area contributed by atoms with Gasteiger partial charge in [0.25, 0.3) is 0 Å². The van der Waals surface area contributed by atoms with Crippen molar-refractivity contribution in [3.05, 3.63) is 30.1 Å². The normalized spacial score (nSPS) is 19.2. The molecule has 0 unspecified atom stereocenters. The minimum atomic E-state index is 0.543. The van der Waals surface area contributed by atoms with E-state index < -0.39 is 0 Å².